The van der Waals surface area contributed by atoms with Crippen molar-refractivity contribution in [1.82, 2.24) is 4.31 Å². The SMILES string of the molecule is Cc1cccc(NC(=O)CCN(C2CCCC2)S(C)(=O)=O)c1. The number of anilines is 1. The van der Waals surface area contributed by atoms with Gasteiger partial charge in [0.1, 0.15) is 0 Å². The Bertz CT molecular complexity index is 622. The molecule has 0 saturated heterocycles. The van der Waals surface area contributed by atoms with Gasteiger partial charge in [0.15, 0.2) is 0 Å². The van der Waals surface area contributed by atoms with Crippen LogP contribution in [0.5, 0.6) is 0 Å². The first-order valence-electron chi connectivity index (χ1n) is 7.69. The molecule has 1 aliphatic carbocycles. The van der Waals surface area contributed by atoms with Gasteiger partial charge in [0.05, 0.1) is 6.26 Å². The van der Waals surface area contributed by atoms with Gasteiger partial charge in [-0.3, -0.25) is 4.79 Å². The van der Waals surface area contributed by atoms with Crippen molar-refractivity contribution < 1.29 is 13.2 Å². The minimum atomic E-state index is -3.27. The van der Waals surface area contributed by atoms with Crippen LogP contribution in [0.1, 0.15) is 37.7 Å². The van der Waals surface area contributed by atoms with Gasteiger partial charge >= 0.3 is 0 Å². The van der Waals surface area contributed by atoms with E-state index in [-0.39, 0.29) is 24.9 Å². The molecular formula is C16H24N2O3S. The molecular weight excluding hydrogens is 300 g/mol. The van der Waals surface area contributed by atoms with E-state index >= 15 is 0 Å². The van der Waals surface area contributed by atoms with Crippen LogP contribution in [-0.4, -0.2) is 37.5 Å². The molecule has 0 bridgehead atoms. The fourth-order valence-corrected chi connectivity index (χ4v) is 4.14. The zero-order chi connectivity index (χ0) is 16.2. The van der Waals surface area contributed by atoms with Crippen molar-refractivity contribution in [2.24, 2.45) is 0 Å². The highest BCUT2D eigenvalue weighted by molar-refractivity contribution is 7.88. The number of hydrogen-bond acceptors (Lipinski definition) is 3. The Balaban J connectivity index is 1.93. The summed E-state index contributed by atoms with van der Waals surface area (Å²) in [4.78, 5) is 12.0. The predicted molar refractivity (Wildman–Crippen MR) is 88.2 cm³/mol. The number of sulfonamides is 1. The van der Waals surface area contributed by atoms with Gasteiger partial charge in [0.2, 0.25) is 15.9 Å². The molecule has 0 radical (unpaired) electrons. The summed E-state index contributed by atoms with van der Waals surface area (Å²) in [7, 11) is -3.27. The molecule has 0 aliphatic heterocycles. The van der Waals surface area contributed by atoms with Gasteiger partial charge in [-0.15, -0.1) is 0 Å². The van der Waals surface area contributed by atoms with Gasteiger partial charge < -0.3 is 5.32 Å². The molecule has 0 heterocycles. The van der Waals surface area contributed by atoms with E-state index in [4.69, 9.17) is 0 Å². The lowest BCUT2D eigenvalue weighted by molar-refractivity contribution is -0.116. The van der Waals surface area contributed by atoms with Gasteiger partial charge in [-0.05, 0) is 37.5 Å². The topological polar surface area (TPSA) is 66.5 Å². The highest BCUT2D eigenvalue weighted by atomic mass is 32.2. The number of benzene rings is 1. The Morgan fingerprint density at radius 2 is 2.00 bits per heavy atom. The summed E-state index contributed by atoms with van der Waals surface area (Å²) >= 11 is 0. The van der Waals surface area contributed by atoms with E-state index in [2.05, 4.69) is 5.32 Å². The lowest BCUT2D eigenvalue weighted by Crippen LogP contribution is -2.39. The zero-order valence-corrected chi connectivity index (χ0v) is 14.0. The molecule has 5 nitrogen and oxygen atoms in total. The standard InChI is InChI=1S/C16H24N2O3S/c1-13-6-5-7-14(12-13)17-16(19)10-11-18(22(2,20)21)15-8-3-4-9-15/h5-7,12,15H,3-4,8-11H2,1-2H3,(H,17,19). The smallest absolute Gasteiger partial charge is 0.225 e. The van der Waals surface area contributed by atoms with E-state index < -0.39 is 10.0 Å². The summed E-state index contributed by atoms with van der Waals surface area (Å²) in [6.45, 7) is 2.21. The van der Waals surface area contributed by atoms with E-state index in [1.54, 1.807) is 0 Å². The molecule has 1 aromatic carbocycles. The number of amides is 1. The first kappa shape index (κ1) is 17.0. The third-order valence-corrected chi connectivity index (χ3v) is 5.35. The van der Waals surface area contributed by atoms with Gasteiger partial charge in [-0.25, -0.2) is 8.42 Å². The number of carbonyl (C=O) groups excluding carboxylic acids is 1. The van der Waals surface area contributed by atoms with Crippen LogP contribution in [0.4, 0.5) is 5.69 Å². The van der Waals surface area contributed by atoms with E-state index in [0.717, 1.165) is 36.9 Å². The molecule has 1 aromatic rings. The van der Waals surface area contributed by atoms with Gasteiger partial charge in [0.25, 0.3) is 0 Å². The Labute approximate surface area is 132 Å². The molecule has 0 unspecified atom stereocenters. The number of rotatable bonds is 6. The van der Waals surface area contributed by atoms with Crippen molar-refractivity contribution in [3.63, 3.8) is 0 Å². The van der Waals surface area contributed by atoms with E-state index in [1.807, 2.05) is 31.2 Å². The Morgan fingerprint density at radius 3 is 2.59 bits per heavy atom. The summed E-state index contributed by atoms with van der Waals surface area (Å²) in [6.07, 6.45) is 5.32. The highest BCUT2D eigenvalue weighted by Gasteiger charge is 2.29. The summed E-state index contributed by atoms with van der Waals surface area (Å²) in [5.41, 5.74) is 1.82. The number of hydrogen-bond donors (Lipinski definition) is 1. The van der Waals surface area contributed by atoms with Gasteiger partial charge in [0, 0.05) is 24.7 Å². The molecule has 22 heavy (non-hydrogen) atoms. The molecule has 1 amide bonds. The van der Waals surface area contributed by atoms with Crippen LogP contribution in [0.2, 0.25) is 0 Å². The van der Waals surface area contributed by atoms with Crippen molar-refractivity contribution in [2.45, 2.75) is 45.1 Å². The van der Waals surface area contributed by atoms with Crippen molar-refractivity contribution in [3.8, 4) is 0 Å². The average Bonchev–Trinajstić information content (AvgIpc) is 2.91. The lowest BCUT2D eigenvalue weighted by atomic mass is 10.2. The van der Waals surface area contributed by atoms with Crippen LogP contribution in [0.15, 0.2) is 24.3 Å². The first-order valence-corrected chi connectivity index (χ1v) is 9.54. The van der Waals surface area contributed by atoms with Gasteiger partial charge in [-0.2, -0.15) is 4.31 Å². The number of aryl methyl sites for hydroxylation is 1. The molecule has 122 valence electrons. The van der Waals surface area contributed by atoms with Crippen molar-refractivity contribution >= 4 is 21.6 Å². The first-order chi connectivity index (χ1) is 10.4. The number of nitrogens with one attached hydrogen (secondary N) is 1. The van der Waals surface area contributed by atoms with E-state index in [9.17, 15) is 13.2 Å². The minimum Gasteiger partial charge on any atom is -0.326 e. The third-order valence-electron chi connectivity index (χ3n) is 4.02. The number of nitrogens with zero attached hydrogens (tertiary/aromatic N) is 1. The van der Waals surface area contributed by atoms with E-state index in [0.29, 0.717) is 0 Å². The summed E-state index contributed by atoms with van der Waals surface area (Å²) in [6, 6.07) is 7.62. The third kappa shape index (κ3) is 4.81. The monoisotopic (exact) mass is 324 g/mol. The van der Waals surface area contributed by atoms with Crippen LogP contribution in [-0.2, 0) is 14.8 Å². The van der Waals surface area contributed by atoms with Crippen LogP contribution >= 0.6 is 0 Å². The Hall–Kier alpha value is -1.40. The Morgan fingerprint density at radius 1 is 1.32 bits per heavy atom. The summed E-state index contributed by atoms with van der Waals surface area (Å²) in [5, 5.41) is 2.82. The molecule has 0 aromatic heterocycles. The molecule has 2 rings (SSSR count). The maximum atomic E-state index is 12.0. The van der Waals surface area contributed by atoms with E-state index in [1.165, 1.54) is 10.6 Å². The quantitative estimate of drug-likeness (QED) is 0.874. The number of carbonyl (C=O) groups is 1. The lowest BCUT2D eigenvalue weighted by Gasteiger charge is -2.26. The molecule has 1 saturated carbocycles. The zero-order valence-electron chi connectivity index (χ0n) is 13.2. The maximum Gasteiger partial charge on any atom is 0.225 e. The molecule has 1 N–H and O–H groups in total. The maximum absolute atomic E-state index is 12.0. The van der Waals surface area contributed by atoms with Crippen molar-refractivity contribution in [2.75, 3.05) is 18.1 Å². The van der Waals surface area contributed by atoms with Crippen LogP contribution < -0.4 is 5.32 Å². The van der Waals surface area contributed by atoms with Crippen molar-refractivity contribution in [1.29, 1.82) is 0 Å². The molecule has 6 heteroatoms. The fraction of sp³-hybridized carbons (Fsp3) is 0.562. The highest BCUT2D eigenvalue weighted by Crippen LogP contribution is 2.25. The second kappa shape index (κ2) is 7.24. The molecule has 1 fully saturated rings. The average molecular weight is 324 g/mol. The fourth-order valence-electron chi connectivity index (χ4n) is 2.97. The second-order valence-electron chi connectivity index (χ2n) is 5.98. The van der Waals surface area contributed by atoms with Crippen LogP contribution in [0.3, 0.4) is 0 Å². The normalized spacial score (nSPS) is 16.1. The predicted octanol–water partition coefficient (Wildman–Crippen LogP) is 2.53. The molecule has 0 spiro atoms. The largest absolute Gasteiger partial charge is 0.326 e. The second-order valence-corrected chi connectivity index (χ2v) is 7.91. The van der Waals surface area contributed by atoms with Crippen molar-refractivity contribution in [3.05, 3.63) is 29.8 Å². The molecule has 0 atom stereocenters. The Kier molecular flexibility index (Phi) is 5.58. The van der Waals surface area contributed by atoms with Crippen LogP contribution in [0, 0.1) is 6.92 Å². The summed E-state index contributed by atoms with van der Waals surface area (Å²) < 4.78 is 25.4. The minimum absolute atomic E-state index is 0.0572. The van der Waals surface area contributed by atoms with Crippen LogP contribution in [0.25, 0.3) is 0 Å². The van der Waals surface area contributed by atoms with Gasteiger partial charge in [-0.1, -0.05) is 25.0 Å². The molecule has 1 aliphatic rings. The summed E-state index contributed by atoms with van der Waals surface area (Å²) in [5.74, 6) is -0.155.